The first-order chi connectivity index (χ1) is 14.6. The van der Waals surface area contributed by atoms with E-state index in [-0.39, 0.29) is 11.4 Å². The minimum absolute atomic E-state index is 0.0129. The lowest BCUT2D eigenvalue weighted by atomic mass is 10.1. The molecule has 1 aliphatic heterocycles. The van der Waals surface area contributed by atoms with Gasteiger partial charge in [-0.1, -0.05) is 42.5 Å². The van der Waals surface area contributed by atoms with E-state index in [2.05, 4.69) is 10.3 Å². The van der Waals surface area contributed by atoms with Crippen molar-refractivity contribution < 1.29 is 13.6 Å². The first-order valence-electron chi connectivity index (χ1n) is 9.26. The highest BCUT2D eigenvalue weighted by Gasteiger charge is 2.17. The van der Waals surface area contributed by atoms with Crippen molar-refractivity contribution in [2.45, 2.75) is 6.42 Å². The van der Waals surface area contributed by atoms with Crippen LogP contribution in [0.2, 0.25) is 0 Å². The summed E-state index contributed by atoms with van der Waals surface area (Å²) in [5.74, 6) is -1.73. The van der Waals surface area contributed by atoms with E-state index in [1.54, 1.807) is 0 Å². The number of aliphatic imine (C=N–C) groups is 2. The normalized spacial score (nSPS) is 13.0. The highest BCUT2D eigenvalue weighted by Crippen LogP contribution is 2.33. The molecule has 0 unspecified atom stereocenters. The Kier molecular flexibility index (Phi) is 5.99. The highest BCUT2D eigenvalue weighted by molar-refractivity contribution is 8.14. The lowest BCUT2D eigenvalue weighted by molar-refractivity contribution is -0.113. The van der Waals surface area contributed by atoms with Crippen LogP contribution < -0.4 is 5.32 Å². The number of nitrogens with one attached hydrogen (secondary N) is 1. The summed E-state index contributed by atoms with van der Waals surface area (Å²) in [5, 5.41) is 3.13. The fraction of sp³-hybridized carbons (Fsp3) is 0.0870. The first-order valence-corrected chi connectivity index (χ1v) is 10.2. The van der Waals surface area contributed by atoms with E-state index < -0.39 is 17.5 Å². The van der Waals surface area contributed by atoms with Crippen LogP contribution in [0.25, 0.3) is 0 Å². The van der Waals surface area contributed by atoms with Crippen molar-refractivity contribution in [3.05, 3.63) is 90.0 Å². The van der Waals surface area contributed by atoms with Crippen LogP contribution in [0, 0.1) is 11.6 Å². The zero-order chi connectivity index (χ0) is 20.9. The number of thioether (sulfide) groups is 1. The molecule has 3 aromatic carbocycles. The molecule has 150 valence electrons. The first kappa shape index (κ1) is 20.0. The summed E-state index contributed by atoms with van der Waals surface area (Å²) in [6, 6.07) is 20.3. The second-order valence-corrected chi connectivity index (χ2v) is 7.61. The average molecular weight is 421 g/mol. The van der Waals surface area contributed by atoms with Crippen LogP contribution in [-0.2, 0) is 4.79 Å². The lowest BCUT2D eigenvalue weighted by Gasteiger charge is -2.09. The number of hydrogen-bond acceptors (Lipinski definition) is 4. The molecule has 30 heavy (non-hydrogen) atoms. The minimum Gasteiger partial charge on any atom is -0.323 e. The van der Waals surface area contributed by atoms with Gasteiger partial charge in [-0.2, -0.15) is 0 Å². The maximum absolute atomic E-state index is 13.8. The molecule has 7 heteroatoms. The summed E-state index contributed by atoms with van der Waals surface area (Å²) in [6.07, 6.45) is 0.463. The molecule has 1 N–H and O–H groups in total. The van der Waals surface area contributed by atoms with Crippen molar-refractivity contribution in [1.29, 1.82) is 0 Å². The van der Waals surface area contributed by atoms with Crippen LogP contribution >= 0.6 is 11.8 Å². The van der Waals surface area contributed by atoms with Crippen molar-refractivity contribution in [2.24, 2.45) is 9.98 Å². The smallest absolute Gasteiger partial charge is 0.234 e. The molecule has 0 bridgehead atoms. The molecule has 0 saturated carbocycles. The van der Waals surface area contributed by atoms with E-state index in [1.807, 2.05) is 54.6 Å². The van der Waals surface area contributed by atoms with Crippen LogP contribution in [0.3, 0.4) is 0 Å². The number of anilines is 1. The van der Waals surface area contributed by atoms with Gasteiger partial charge in [0.1, 0.15) is 11.6 Å². The number of fused-ring (bicyclic) bond motifs is 1. The number of benzene rings is 3. The second kappa shape index (κ2) is 9.00. The Morgan fingerprint density at radius 3 is 2.40 bits per heavy atom. The van der Waals surface area contributed by atoms with E-state index in [0.717, 1.165) is 45.9 Å². The van der Waals surface area contributed by atoms with Crippen molar-refractivity contribution >= 4 is 45.5 Å². The summed E-state index contributed by atoms with van der Waals surface area (Å²) in [6.45, 7) is 0. The number of amides is 1. The Balaban J connectivity index is 1.52. The van der Waals surface area contributed by atoms with E-state index in [0.29, 0.717) is 6.42 Å². The average Bonchev–Trinajstić information content (AvgIpc) is 2.95. The third kappa shape index (κ3) is 4.80. The number of rotatable bonds is 4. The van der Waals surface area contributed by atoms with Crippen LogP contribution in [0.4, 0.5) is 25.8 Å². The number of carbonyl (C=O) groups is 1. The predicted molar refractivity (Wildman–Crippen MR) is 118 cm³/mol. The van der Waals surface area contributed by atoms with E-state index in [9.17, 15) is 13.6 Å². The second-order valence-electron chi connectivity index (χ2n) is 6.56. The van der Waals surface area contributed by atoms with Gasteiger partial charge in [0.15, 0.2) is 0 Å². The lowest BCUT2D eigenvalue weighted by Crippen LogP contribution is -2.17. The molecular weight excluding hydrogens is 404 g/mol. The quantitative estimate of drug-likeness (QED) is 0.571. The van der Waals surface area contributed by atoms with Gasteiger partial charge in [0, 0.05) is 12.5 Å². The summed E-state index contributed by atoms with van der Waals surface area (Å²) >= 11 is 1.25. The number of nitrogens with zero attached hydrogens (tertiary/aromatic N) is 2. The van der Waals surface area contributed by atoms with E-state index >= 15 is 0 Å². The van der Waals surface area contributed by atoms with Crippen molar-refractivity contribution in [3.63, 3.8) is 0 Å². The monoisotopic (exact) mass is 421 g/mol. The van der Waals surface area contributed by atoms with Crippen LogP contribution in [0.5, 0.6) is 0 Å². The van der Waals surface area contributed by atoms with Gasteiger partial charge in [0.25, 0.3) is 0 Å². The number of halogens is 2. The van der Waals surface area contributed by atoms with Crippen molar-refractivity contribution in [2.75, 3.05) is 11.1 Å². The van der Waals surface area contributed by atoms with Crippen LogP contribution in [-0.4, -0.2) is 22.4 Å². The van der Waals surface area contributed by atoms with Gasteiger partial charge in [-0.15, -0.1) is 11.8 Å². The standard InChI is InChI=1S/C23H17F2N3OS/c24-16-10-11-17(25)21(12-16)27-22(29)14-30-23-13-20(15-6-2-1-3-7-15)26-18-8-4-5-9-19(18)28-23/h1-12H,13-14H2,(H,27,29). The summed E-state index contributed by atoms with van der Waals surface area (Å²) < 4.78 is 27.1. The fourth-order valence-electron chi connectivity index (χ4n) is 2.96. The molecule has 0 fully saturated rings. The molecule has 0 saturated heterocycles. The minimum atomic E-state index is -0.686. The molecule has 1 amide bonds. The molecule has 4 rings (SSSR count). The zero-order valence-corrected chi connectivity index (χ0v) is 16.6. The molecule has 1 heterocycles. The maximum Gasteiger partial charge on any atom is 0.234 e. The van der Waals surface area contributed by atoms with Gasteiger partial charge in [-0.25, -0.2) is 13.8 Å². The number of hydrogen-bond donors (Lipinski definition) is 1. The summed E-state index contributed by atoms with van der Waals surface area (Å²) in [5.41, 5.74) is 3.14. The Morgan fingerprint density at radius 1 is 0.933 bits per heavy atom. The zero-order valence-electron chi connectivity index (χ0n) is 15.8. The Morgan fingerprint density at radius 2 is 1.63 bits per heavy atom. The fourth-order valence-corrected chi connectivity index (χ4v) is 3.74. The maximum atomic E-state index is 13.8. The number of para-hydroxylation sites is 2. The molecule has 0 spiro atoms. The van der Waals surface area contributed by atoms with E-state index in [4.69, 9.17) is 4.99 Å². The van der Waals surface area contributed by atoms with Crippen LogP contribution in [0.1, 0.15) is 12.0 Å². The van der Waals surface area contributed by atoms with Crippen molar-refractivity contribution in [1.82, 2.24) is 0 Å². The molecule has 0 radical (unpaired) electrons. The molecule has 1 aliphatic rings. The predicted octanol–water partition coefficient (Wildman–Crippen LogP) is 5.89. The summed E-state index contributed by atoms with van der Waals surface area (Å²) in [4.78, 5) is 21.7. The number of carbonyl (C=O) groups excluding carboxylic acids is 1. The van der Waals surface area contributed by atoms with Gasteiger partial charge in [-0.05, 0) is 29.8 Å². The van der Waals surface area contributed by atoms with Gasteiger partial charge >= 0.3 is 0 Å². The SMILES string of the molecule is O=C(CSC1=Nc2ccccc2N=C(c2ccccc2)C1)Nc1cc(F)ccc1F. The third-order valence-corrected chi connectivity index (χ3v) is 5.36. The van der Waals surface area contributed by atoms with Crippen LogP contribution in [0.15, 0.2) is 82.8 Å². The molecule has 0 aliphatic carbocycles. The molecular formula is C23H17F2N3OS. The molecule has 4 nitrogen and oxygen atoms in total. The van der Waals surface area contributed by atoms with Gasteiger partial charge < -0.3 is 5.32 Å². The largest absolute Gasteiger partial charge is 0.323 e. The Bertz CT molecular complexity index is 1150. The summed E-state index contributed by atoms with van der Waals surface area (Å²) in [7, 11) is 0. The highest BCUT2D eigenvalue weighted by atomic mass is 32.2. The Labute approximate surface area is 176 Å². The van der Waals surface area contributed by atoms with Crippen molar-refractivity contribution in [3.8, 4) is 0 Å². The molecule has 0 aromatic heterocycles. The molecule has 3 aromatic rings. The topological polar surface area (TPSA) is 53.8 Å². The van der Waals surface area contributed by atoms with Gasteiger partial charge in [-0.3, -0.25) is 9.79 Å². The third-order valence-electron chi connectivity index (χ3n) is 4.38. The Hall–Kier alpha value is -3.32. The molecule has 0 atom stereocenters. The van der Waals surface area contributed by atoms with Gasteiger partial charge in [0.05, 0.1) is 33.6 Å². The van der Waals surface area contributed by atoms with E-state index in [1.165, 1.54) is 11.8 Å². The van der Waals surface area contributed by atoms with Gasteiger partial charge in [0.2, 0.25) is 5.91 Å².